The van der Waals surface area contributed by atoms with E-state index in [1.807, 2.05) is 0 Å². The van der Waals surface area contributed by atoms with Crippen molar-refractivity contribution in [3.05, 3.63) is 23.8 Å². The molecule has 2 amide bonds. The van der Waals surface area contributed by atoms with Gasteiger partial charge in [-0.15, -0.1) is 0 Å². The van der Waals surface area contributed by atoms with Gasteiger partial charge < -0.3 is 14.3 Å². The molecule has 7 nitrogen and oxygen atoms in total. The third kappa shape index (κ3) is 2.53. The van der Waals surface area contributed by atoms with Gasteiger partial charge >= 0.3 is 0 Å². The Bertz CT molecular complexity index is 769. The minimum atomic E-state index is -0.840. The van der Waals surface area contributed by atoms with Crippen LogP contribution in [0.25, 0.3) is 0 Å². The molecule has 2 aliphatic heterocycles. The number of hydrogen-bond donors (Lipinski definition) is 0. The van der Waals surface area contributed by atoms with Crippen LogP contribution in [0.3, 0.4) is 0 Å². The largest absolute Gasteiger partial charge is 0.493 e. The summed E-state index contributed by atoms with van der Waals surface area (Å²) in [6.45, 7) is 0. The first-order valence-corrected chi connectivity index (χ1v) is 8.98. The van der Waals surface area contributed by atoms with Crippen LogP contribution in [0, 0.1) is 5.92 Å². The number of methoxy groups -OCH3 is 2. The molecule has 26 heavy (non-hydrogen) atoms. The van der Waals surface area contributed by atoms with E-state index in [4.69, 9.17) is 14.3 Å². The van der Waals surface area contributed by atoms with E-state index in [0.717, 1.165) is 32.1 Å². The number of likely N-dealkylation sites (tertiary alicyclic amines) is 1. The van der Waals surface area contributed by atoms with Crippen molar-refractivity contribution in [2.75, 3.05) is 14.2 Å². The fourth-order valence-electron chi connectivity index (χ4n) is 4.13. The van der Waals surface area contributed by atoms with E-state index in [1.165, 1.54) is 4.90 Å². The number of ether oxygens (including phenoxy) is 2. The molecular formula is C19H22N2O5. The van der Waals surface area contributed by atoms with Crippen LogP contribution in [-0.4, -0.2) is 48.8 Å². The van der Waals surface area contributed by atoms with Gasteiger partial charge in [-0.3, -0.25) is 14.5 Å². The third-order valence-corrected chi connectivity index (χ3v) is 5.47. The van der Waals surface area contributed by atoms with Crippen molar-refractivity contribution in [3.8, 4) is 11.5 Å². The summed E-state index contributed by atoms with van der Waals surface area (Å²) in [6.07, 6.45) is 4.17. The lowest BCUT2D eigenvalue weighted by Gasteiger charge is -2.29. The highest BCUT2D eigenvalue weighted by Gasteiger charge is 2.57. The van der Waals surface area contributed by atoms with E-state index in [2.05, 4.69) is 5.16 Å². The lowest BCUT2D eigenvalue weighted by Crippen LogP contribution is -2.43. The minimum Gasteiger partial charge on any atom is -0.493 e. The number of imide groups is 1. The molecule has 1 aromatic rings. The maximum absolute atomic E-state index is 13.0. The molecule has 0 radical (unpaired) electrons. The first-order chi connectivity index (χ1) is 12.7. The fraction of sp³-hybridized carbons (Fsp3) is 0.526. The number of carbonyl (C=O) groups is 2. The number of carbonyl (C=O) groups excluding carboxylic acids is 2. The monoisotopic (exact) mass is 358 g/mol. The van der Waals surface area contributed by atoms with E-state index in [1.54, 1.807) is 32.4 Å². The number of rotatable bonds is 4. The highest BCUT2D eigenvalue weighted by molar-refractivity contribution is 6.23. The van der Waals surface area contributed by atoms with E-state index in [-0.39, 0.29) is 17.9 Å². The van der Waals surface area contributed by atoms with E-state index in [9.17, 15) is 9.59 Å². The first-order valence-electron chi connectivity index (χ1n) is 8.98. The zero-order valence-electron chi connectivity index (χ0n) is 14.9. The Hall–Kier alpha value is -2.57. The minimum absolute atomic E-state index is 0.00963. The second-order valence-electron chi connectivity index (χ2n) is 6.89. The molecule has 0 spiro atoms. The molecule has 4 rings (SSSR count). The Labute approximate surface area is 151 Å². The molecule has 138 valence electrons. The van der Waals surface area contributed by atoms with Gasteiger partial charge in [-0.2, -0.15) is 0 Å². The van der Waals surface area contributed by atoms with Crippen LogP contribution in [0.4, 0.5) is 0 Å². The van der Waals surface area contributed by atoms with Crippen LogP contribution in [0.5, 0.6) is 11.5 Å². The second-order valence-corrected chi connectivity index (χ2v) is 6.89. The normalized spacial score (nSPS) is 25.8. The van der Waals surface area contributed by atoms with Gasteiger partial charge in [0, 0.05) is 11.6 Å². The molecule has 3 aliphatic rings. The summed E-state index contributed by atoms with van der Waals surface area (Å²) in [5.41, 5.74) is 1.18. The van der Waals surface area contributed by atoms with Crippen LogP contribution in [0.15, 0.2) is 23.4 Å². The van der Waals surface area contributed by atoms with Crippen LogP contribution in [0.1, 0.15) is 37.7 Å². The Morgan fingerprint density at radius 1 is 1.04 bits per heavy atom. The smallest absolute Gasteiger partial charge is 0.274 e. The predicted octanol–water partition coefficient (Wildman–Crippen LogP) is 2.12. The average Bonchev–Trinajstić information content (AvgIpc) is 3.22. The topological polar surface area (TPSA) is 77.4 Å². The van der Waals surface area contributed by atoms with Crippen molar-refractivity contribution in [2.45, 2.75) is 44.2 Å². The van der Waals surface area contributed by atoms with Crippen molar-refractivity contribution in [1.29, 1.82) is 0 Å². The summed E-state index contributed by atoms with van der Waals surface area (Å²) in [4.78, 5) is 32.6. The van der Waals surface area contributed by atoms with Crippen molar-refractivity contribution in [2.24, 2.45) is 11.1 Å². The van der Waals surface area contributed by atoms with E-state index < -0.39 is 12.0 Å². The van der Waals surface area contributed by atoms with E-state index in [0.29, 0.717) is 22.8 Å². The van der Waals surface area contributed by atoms with Gasteiger partial charge in [-0.25, -0.2) is 0 Å². The SMILES string of the molecule is COc1ccc(C2=NO[C@H]3C(=O)N(C4CCCCC4)C(=O)[C@@H]23)cc1OC. The number of nitrogens with zero attached hydrogens (tertiary/aromatic N) is 2. The molecule has 1 saturated heterocycles. The lowest BCUT2D eigenvalue weighted by molar-refractivity contribution is -0.145. The van der Waals surface area contributed by atoms with Crippen molar-refractivity contribution < 1.29 is 23.9 Å². The predicted molar refractivity (Wildman–Crippen MR) is 93.2 cm³/mol. The molecule has 0 unspecified atom stereocenters. The average molecular weight is 358 g/mol. The van der Waals surface area contributed by atoms with Gasteiger partial charge in [0.15, 0.2) is 11.5 Å². The molecule has 1 aromatic carbocycles. The highest BCUT2D eigenvalue weighted by Crippen LogP contribution is 2.37. The molecule has 2 atom stereocenters. The van der Waals surface area contributed by atoms with Gasteiger partial charge in [0.05, 0.1) is 14.2 Å². The van der Waals surface area contributed by atoms with Crippen LogP contribution in [-0.2, 0) is 14.4 Å². The van der Waals surface area contributed by atoms with Crippen molar-refractivity contribution in [3.63, 3.8) is 0 Å². The Kier molecular flexibility index (Phi) is 4.30. The Balaban J connectivity index is 1.63. The molecule has 0 bridgehead atoms. The number of hydrogen-bond acceptors (Lipinski definition) is 6. The molecule has 2 fully saturated rings. The number of amides is 2. The highest BCUT2D eigenvalue weighted by atomic mass is 16.7. The van der Waals surface area contributed by atoms with Crippen LogP contribution in [0.2, 0.25) is 0 Å². The van der Waals surface area contributed by atoms with Crippen LogP contribution < -0.4 is 9.47 Å². The summed E-state index contributed by atoms with van der Waals surface area (Å²) < 4.78 is 10.6. The van der Waals surface area contributed by atoms with Gasteiger partial charge in [0.25, 0.3) is 5.91 Å². The van der Waals surface area contributed by atoms with Gasteiger partial charge in [-0.1, -0.05) is 24.4 Å². The van der Waals surface area contributed by atoms with Gasteiger partial charge in [0.1, 0.15) is 11.6 Å². The molecule has 1 aliphatic carbocycles. The molecule has 1 saturated carbocycles. The van der Waals surface area contributed by atoms with Crippen molar-refractivity contribution in [1.82, 2.24) is 4.90 Å². The summed E-state index contributed by atoms with van der Waals surface area (Å²) in [6, 6.07) is 5.30. The molecule has 2 heterocycles. The third-order valence-electron chi connectivity index (χ3n) is 5.47. The lowest BCUT2D eigenvalue weighted by atomic mass is 9.93. The van der Waals surface area contributed by atoms with Crippen molar-refractivity contribution >= 4 is 17.5 Å². The fourth-order valence-corrected chi connectivity index (χ4v) is 4.13. The Morgan fingerprint density at radius 3 is 2.46 bits per heavy atom. The maximum atomic E-state index is 13.0. The van der Waals surface area contributed by atoms with Gasteiger partial charge in [-0.05, 0) is 31.0 Å². The summed E-state index contributed by atoms with van der Waals surface area (Å²) >= 11 is 0. The first kappa shape index (κ1) is 16.9. The zero-order valence-corrected chi connectivity index (χ0v) is 14.9. The standard InChI is InChI=1S/C19H22N2O5/c1-24-13-9-8-11(10-14(13)25-2)16-15-17(26-20-16)19(23)21(18(15)22)12-6-4-3-5-7-12/h8-10,12,15,17H,3-7H2,1-2H3/t15-,17+/m0/s1. The van der Waals surface area contributed by atoms with E-state index >= 15 is 0 Å². The zero-order chi connectivity index (χ0) is 18.3. The number of fused-ring (bicyclic) bond motifs is 1. The number of oxime groups is 1. The summed E-state index contributed by atoms with van der Waals surface area (Å²) in [5.74, 6) is -0.00591. The van der Waals surface area contributed by atoms with Crippen LogP contribution >= 0.6 is 0 Å². The quantitative estimate of drug-likeness (QED) is 0.771. The second kappa shape index (κ2) is 6.63. The van der Waals surface area contributed by atoms with Gasteiger partial charge in [0.2, 0.25) is 12.0 Å². The molecule has 0 N–H and O–H groups in total. The maximum Gasteiger partial charge on any atom is 0.274 e. The number of benzene rings is 1. The summed E-state index contributed by atoms with van der Waals surface area (Å²) in [7, 11) is 3.11. The Morgan fingerprint density at radius 2 is 1.77 bits per heavy atom. The molecule has 7 heteroatoms. The molecular weight excluding hydrogens is 336 g/mol. The summed E-state index contributed by atoms with van der Waals surface area (Å²) in [5, 5.41) is 4.05. The molecule has 0 aromatic heterocycles.